The first-order valence-corrected chi connectivity index (χ1v) is 12.5. The van der Waals surface area contributed by atoms with E-state index in [0.717, 1.165) is 16.7 Å². The smallest absolute Gasteiger partial charge is 0.323 e. The Morgan fingerprint density at radius 3 is 2.39 bits per heavy atom. The van der Waals surface area contributed by atoms with Crippen molar-refractivity contribution in [2.75, 3.05) is 5.32 Å². The number of urea groups is 1. The van der Waals surface area contributed by atoms with Gasteiger partial charge in [0, 0.05) is 23.7 Å². The van der Waals surface area contributed by atoms with Gasteiger partial charge in [-0.15, -0.1) is 0 Å². The third kappa shape index (κ3) is 6.77. The van der Waals surface area contributed by atoms with E-state index < -0.39 is 18.1 Å². The molecule has 0 spiro atoms. The number of hydrogen-bond acceptors (Lipinski definition) is 7. The Labute approximate surface area is 233 Å². The summed E-state index contributed by atoms with van der Waals surface area (Å²) >= 11 is 0. The molecule has 0 aliphatic carbocycles. The topological polar surface area (TPSA) is 119 Å². The van der Waals surface area contributed by atoms with Gasteiger partial charge in [-0.25, -0.2) is 18.6 Å². The molecule has 3 aromatic carbocycles. The Bertz CT molecular complexity index is 1660. The monoisotopic (exact) mass is 555 g/mol. The van der Waals surface area contributed by atoms with Crippen molar-refractivity contribution in [3.63, 3.8) is 0 Å². The molecular formula is C30H23F2N5O4. The van der Waals surface area contributed by atoms with Crippen molar-refractivity contribution in [3.8, 4) is 34.0 Å². The number of nitrogens with one attached hydrogen (secondary N) is 2. The van der Waals surface area contributed by atoms with E-state index in [9.17, 15) is 14.0 Å². The lowest BCUT2D eigenvalue weighted by molar-refractivity contribution is -0.134. The molecule has 5 rings (SSSR count). The van der Waals surface area contributed by atoms with Crippen LogP contribution in [-0.2, 0) is 16.0 Å². The molecular weight excluding hydrogens is 532 g/mol. The zero-order valence-corrected chi connectivity index (χ0v) is 21.7. The zero-order valence-electron chi connectivity index (χ0n) is 21.7. The molecule has 11 heteroatoms. The Hall–Kier alpha value is -5.45. The van der Waals surface area contributed by atoms with Crippen LogP contribution in [0.3, 0.4) is 0 Å². The lowest BCUT2D eigenvalue weighted by Crippen LogP contribution is -2.41. The summed E-state index contributed by atoms with van der Waals surface area (Å²) in [4.78, 5) is 32.1. The first-order valence-electron chi connectivity index (χ1n) is 12.5. The molecule has 2 N–H and O–H groups in total. The zero-order chi connectivity index (χ0) is 28.8. The Morgan fingerprint density at radius 2 is 1.71 bits per heavy atom. The van der Waals surface area contributed by atoms with Crippen LogP contribution in [0.1, 0.15) is 11.1 Å². The molecule has 0 bridgehead atoms. The number of halogens is 2. The van der Waals surface area contributed by atoms with Crippen LogP contribution in [-0.4, -0.2) is 33.9 Å². The molecule has 41 heavy (non-hydrogen) atoms. The first kappa shape index (κ1) is 27.1. The number of ether oxygens (including phenoxy) is 1. The molecule has 0 saturated heterocycles. The van der Waals surface area contributed by atoms with Crippen molar-refractivity contribution < 1.29 is 27.6 Å². The fraction of sp³-hybridized carbons (Fsp3) is 0.100. The van der Waals surface area contributed by atoms with Crippen LogP contribution in [0.25, 0.3) is 34.0 Å². The summed E-state index contributed by atoms with van der Waals surface area (Å²) in [5, 5.41) is 8.95. The van der Waals surface area contributed by atoms with Gasteiger partial charge >= 0.3 is 6.03 Å². The number of rotatable bonds is 9. The van der Waals surface area contributed by atoms with Crippen LogP contribution in [0, 0.1) is 18.6 Å². The summed E-state index contributed by atoms with van der Waals surface area (Å²) in [6, 6.07) is 20.3. The maximum atomic E-state index is 15.0. The summed E-state index contributed by atoms with van der Waals surface area (Å²) in [5.74, 6) is -0.377. The van der Waals surface area contributed by atoms with Crippen molar-refractivity contribution in [2.45, 2.75) is 19.6 Å². The number of aromatic nitrogens is 3. The highest BCUT2D eigenvalue weighted by Crippen LogP contribution is 2.26. The van der Waals surface area contributed by atoms with E-state index in [1.807, 2.05) is 31.2 Å². The van der Waals surface area contributed by atoms with Crippen LogP contribution >= 0.6 is 0 Å². The SMILES string of the molecule is Cc1ccc(-c2nc(-c3ccc(CC(NC(=O)Nc4ccc(-c5ccc(F)cc5)cn4)OC=O)cc3F)no2)cc1. The van der Waals surface area contributed by atoms with Crippen LogP contribution in [0.2, 0.25) is 0 Å². The molecule has 9 nitrogen and oxygen atoms in total. The number of benzene rings is 3. The second-order valence-electron chi connectivity index (χ2n) is 9.07. The lowest BCUT2D eigenvalue weighted by Gasteiger charge is -2.17. The predicted octanol–water partition coefficient (Wildman–Crippen LogP) is 5.92. The first-order chi connectivity index (χ1) is 19.9. The third-order valence-corrected chi connectivity index (χ3v) is 6.11. The fourth-order valence-electron chi connectivity index (χ4n) is 4.01. The Balaban J connectivity index is 1.21. The van der Waals surface area contributed by atoms with E-state index in [4.69, 9.17) is 9.26 Å². The van der Waals surface area contributed by atoms with Crippen LogP contribution in [0.4, 0.5) is 19.4 Å². The highest BCUT2D eigenvalue weighted by atomic mass is 19.1. The van der Waals surface area contributed by atoms with Crippen molar-refractivity contribution in [1.29, 1.82) is 0 Å². The molecule has 1 unspecified atom stereocenters. The number of hydrogen-bond donors (Lipinski definition) is 2. The highest BCUT2D eigenvalue weighted by Gasteiger charge is 2.18. The number of anilines is 1. The summed E-state index contributed by atoms with van der Waals surface area (Å²) in [5.41, 5.74) is 3.86. The minimum atomic E-state index is -1.09. The van der Waals surface area contributed by atoms with Gasteiger partial charge in [0.05, 0.1) is 5.56 Å². The van der Waals surface area contributed by atoms with Crippen molar-refractivity contribution in [2.24, 2.45) is 0 Å². The second kappa shape index (κ2) is 12.2. The van der Waals surface area contributed by atoms with Crippen molar-refractivity contribution in [1.82, 2.24) is 20.4 Å². The average molecular weight is 556 g/mol. The number of amides is 2. The number of pyridine rings is 1. The number of carbonyl (C=O) groups excluding carboxylic acids is 2. The number of aryl methyl sites for hydroxylation is 1. The quantitative estimate of drug-likeness (QED) is 0.171. The van der Waals surface area contributed by atoms with Gasteiger partial charge in [0.1, 0.15) is 17.5 Å². The van der Waals surface area contributed by atoms with E-state index in [-0.39, 0.29) is 41.8 Å². The van der Waals surface area contributed by atoms with E-state index in [1.54, 1.807) is 30.3 Å². The largest absolute Gasteiger partial charge is 0.443 e. The van der Waals surface area contributed by atoms with Gasteiger partial charge < -0.3 is 14.6 Å². The van der Waals surface area contributed by atoms with Gasteiger partial charge in [-0.05, 0) is 66.6 Å². The van der Waals surface area contributed by atoms with Crippen molar-refractivity contribution >= 4 is 18.3 Å². The van der Waals surface area contributed by atoms with Gasteiger partial charge in [-0.2, -0.15) is 4.98 Å². The van der Waals surface area contributed by atoms with E-state index >= 15 is 4.39 Å². The van der Waals surface area contributed by atoms with E-state index in [0.29, 0.717) is 11.1 Å². The van der Waals surface area contributed by atoms with E-state index in [2.05, 4.69) is 25.8 Å². The highest BCUT2D eigenvalue weighted by molar-refractivity contribution is 5.88. The van der Waals surface area contributed by atoms with Gasteiger partial charge in [0.2, 0.25) is 5.82 Å². The van der Waals surface area contributed by atoms with Gasteiger partial charge in [-0.1, -0.05) is 41.1 Å². The second-order valence-corrected chi connectivity index (χ2v) is 9.07. The third-order valence-electron chi connectivity index (χ3n) is 6.11. The molecule has 2 heterocycles. The lowest BCUT2D eigenvalue weighted by atomic mass is 10.1. The summed E-state index contributed by atoms with van der Waals surface area (Å²) in [6.07, 6.45) is 0.427. The van der Waals surface area contributed by atoms with Crippen molar-refractivity contribution in [3.05, 3.63) is 108 Å². The van der Waals surface area contributed by atoms with Gasteiger partial charge in [0.15, 0.2) is 6.23 Å². The molecule has 5 aromatic rings. The molecule has 1 atom stereocenters. The summed E-state index contributed by atoms with van der Waals surface area (Å²) in [7, 11) is 0. The summed E-state index contributed by atoms with van der Waals surface area (Å²) < 4.78 is 38.4. The molecule has 0 fully saturated rings. The molecule has 0 aliphatic heterocycles. The maximum absolute atomic E-state index is 15.0. The van der Waals surface area contributed by atoms with Crippen LogP contribution < -0.4 is 10.6 Å². The van der Waals surface area contributed by atoms with E-state index in [1.165, 1.54) is 30.5 Å². The molecule has 0 saturated carbocycles. The van der Waals surface area contributed by atoms with Crippen LogP contribution in [0.15, 0.2) is 89.6 Å². The molecule has 2 amide bonds. The molecule has 0 aliphatic rings. The normalized spacial score (nSPS) is 11.5. The molecule has 0 radical (unpaired) electrons. The summed E-state index contributed by atoms with van der Waals surface area (Å²) in [6.45, 7) is 2.15. The Kier molecular flexibility index (Phi) is 8.05. The predicted molar refractivity (Wildman–Crippen MR) is 146 cm³/mol. The average Bonchev–Trinajstić information content (AvgIpc) is 3.44. The Morgan fingerprint density at radius 1 is 0.976 bits per heavy atom. The number of nitrogens with zero attached hydrogens (tertiary/aromatic N) is 3. The van der Waals surface area contributed by atoms with Gasteiger partial charge in [0.25, 0.3) is 12.4 Å². The minimum absolute atomic E-state index is 0.0127. The number of carbonyl (C=O) groups is 2. The van der Waals surface area contributed by atoms with Gasteiger partial charge in [-0.3, -0.25) is 10.1 Å². The standard InChI is InChI=1S/C30H23F2N5O4/c1-18-2-5-21(6-3-18)29-36-28(37-41-29)24-12-4-19(14-25(24)32)15-27(40-17-38)35-30(39)34-26-13-9-22(16-33-26)20-7-10-23(31)11-8-20/h2-14,16-17,27H,15H2,1H3,(H2,33,34,35,39). The minimum Gasteiger partial charge on any atom is -0.443 e. The van der Waals surface area contributed by atoms with Crippen LogP contribution in [0.5, 0.6) is 0 Å². The molecule has 2 aromatic heterocycles. The molecule has 206 valence electrons. The maximum Gasteiger partial charge on any atom is 0.323 e. The fourth-order valence-corrected chi connectivity index (χ4v) is 4.01.